The smallest absolute Gasteiger partial charge is 0.243 e. The van der Waals surface area contributed by atoms with Gasteiger partial charge in [-0.15, -0.1) is 0 Å². The fraction of sp³-hybridized carbons (Fsp3) is 0.0556. The number of nitriles is 1. The Morgan fingerprint density at radius 1 is 1.31 bits per heavy atom. The van der Waals surface area contributed by atoms with Crippen molar-refractivity contribution in [1.82, 2.24) is 4.98 Å². The van der Waals surface area contributed by atoms with Crippen molar-refractivity contribution in [3.8, 4) is 11.8 Å². The maximum Gasteiger partial charge on any atom is 0.243 e. The first-order valence-corrected chi connectivity index (χ1v) is 7.86. The van der Waals surface area contributed by atoms with Gasteiger partial charge in [0.15, 0.2) is 0 Å². The van der Waals surface area contributed by atoms with Crippen LogP contribution in [0.15, 0.2) is 42.6 Å². The Bertz CT molecular complexity index is 1050. The van der Waals surface area contributed by atoms with Crippen LogP contribution >= 0.6 is 11.6 Å². The quantitative estimate of drug-likeness (QED) is 0.651. The zero-order valence-electron chi connectivity index (χ0n) is 13.3. The fourth-order valence-corrected chi connectivity index (χ4v) is 2.55. The highest BCUT2D eigenvalue weighted by Crippen LogP contribution is 2.28. The summed E-state index contributed by atoms with van der Waals surface area (Å²) < 4.78 is 13.7. The number of nitrogens with one attached hydrogen (secondary N) is 2. The third kappa shape index (κ3) is 3.66. The Morgan fingerprint density at radius 2 is 2.12 bits per heavy atom. The molecule has 6 nitrogen and oxygen atoms in total. The Morgan fingerprint density at radius 3 is 2.85 bits per heavy atom. The normalized spacial score (nSPS) is 10.3. The van der Waals surface area contributed by atoms with Crippen LogP contribution in [0.2, 0.25) is 5.02 Å². The second kappa shape index (κ2) is 7.25. The number of aromatic nitrogens is 1. The number of anilines is 2. The van der Waals surface area contributed by atoms with Gasteiger partial charge in [0.2, 0.25) is 5.91 Å². The molecule has 1 aromatic heterocycles. The lowest BCUT2D eigenvalue weighted by Gasteiger charge is -2.12. The number of amides is 1. The SMILES string of the molecule is N#Cc1cnc2cc(O)ccc2c1NC(=O)CNc1ccc(Cl)cc1F. The highest BCUT2D eigenvalue weighted by Gasteiger charge is 2.13. The number of rotatable bonds is 4. The van der Waals surface area contributed by atoms with Crippen LogP contribution in [0, 0.1) is 17.1 Å². The van der Waals surface area contributed by atoms with Crippen molar-refractivity contribution in [3.05, 3.63) is 59.0 Å². The summed E-state index contributed by atoms with van der Waals surface area (Å²) in [5.41, 5.74) is 1.01. The molecule has 0 fully saturated rings. The number of hydrogen-bond donors (Lipinski definition) is 3. The minimum Gasteiger partial charge on any atom is -0.508 e. The van der Waals surface area contributed by atoms with Crippen LogP contribution in [0.3, 0.4) is 0 Å². The van der Waals surface area contributed by atoms with Crippen molar-refractivity contribution in [3.63, 3.8) is 0 Å². The average Bonchev–Trinajstić information content (AvgIpc) is 2.61. The van der Waals surface area contributed by atoms with Crippen molar-refractivity contribution in [2.75, 3.05) is 17.2 Å². The van der Waals surface area contributed by atoms with Crippen LogP contribution in [0.25, 0.3) is 10.9 Å². The van der Waals surface area contributed by atoms with Crippen LogP contribution in [-0.2, 0) is 4.79 Å². The molecular formula is C18H12ClFN4O2. The van der Waals surface area contributed by atoms with E-state index in [9.17, 15) is 19.6 Å². The third-order valence-electron chi connectivity index (χ3n) is 3.61. The molecule has 8 heteroatoms. The molecule has 0 radical (unpaired) electrons. The molecule has 1 amide bonds. The van der Waals surface area contributed by atoms with Crippen LogP contribution < -0.4 is 10.6 Å². The minimum absolute atomic E-state index is 0.0202. The zero-order chi connectivity index (χ0) is 18.7. The molecule has 3 rings (SSSR count). The Hall–Kier alpha value is -3.37. The topological polar surface area (TPSA) is 98.0 Å². The van der Waals surface area contributed by atoms with E-state index in [0.29, 0.717) is 10.9 Å². The van der Waals surface area contributed by atoms with Crippen LogP contribution in [-0.4, -0.2) is 22.5 Å². The van der Waals surface area contributed by atoms with Crippen LogP contribution in [0.5, 0.6) is 5.75 Å². The largest absolute Gasteiger partial charge is 0.508 e. The number of phenolic OH excluding ortho intramolecular Hbond substituents is 1. The second-order valence-corrected chi connectivity index (χ2v) is 5.82. The number of hydrogen-bond acceptors (Lipinski definition) is 5. The van der Waals surface area contributed by atoms with Crippen molar-refractivity contribution >= 4 is 39.8 Å². The zero-order valence-corrected chi connectivity index (χ0v) is 14.0. The molecule has 1 heterocycles. The Balaban J connectivity index is 1.81. The predicted molar refractivity (Wildman–Crippen MR) is 96.7 cm³/mol. The van der Waals surface area contributed by atoms with E-state index in [2.05, 4.69) is 15.6 Å². The molecule has 2 aromatic carbocycles. The Labute approximate surface area is 152 Å². The summed E-state index contributed by atoms with van der Waals surface area (Å²) in [6.07, 6.45) is 1.31. The first kappa shape index (κ1) is 17.5. The lowest BCUT2D eigenvalue weighted by Crippen LogP contribution is -2.22. The number of nitrogens with zero attached hydrogens (tertiary/aromatic N) is 2. The number of carbonyl (C=O) groups excluding carboxylic acids is 1. The summed E-state index contributed by atoms with van der Waals surface area (Å²) in [5.74, 6) is -1.03. The second-order valence-electron chi connectivity index (χ2n) is 5.39. The first-order chi connectivity index (χ1) is 12.5. The minimum atomic E-state index is -0.576. The molecule has 0 atom stereocenters. The van der Waals surface area contributed by atoms with Crippen LogP contribution in [0.1, 0.15) is 5.56 Å². The van der Waals surface area contributed by atoms with Gasteiger partial charge >= 0.3 is 0 Å². The van der Waals surface area contributed by atoms with Gasteiger partial charge in [-0.25, -0.2) is 4.39 Å². The van der Waals surface area contributed by atoms with Gasteiger partial charge in [-0.1, -0.05) is 11.6 Å². The predicted octanol–water partition coefficient (Wildman–Crippen LogP) is 3.66. The third-order valence-corrected chi connectivity index (χ3v) is 3.84. The van der Waals surface area contributed by atoms with Gasteiger partial charge in [-0.05, 0) is 30.3 Å². The molecule has 0 saturated carbocycles. The van der Waals surface area contributed by atoms with E-state index in [4.69, 9.17) is 11.6 Å². The molecule has 3 N–H and O–H groups in total. The van der Waals surface area contributed by atoms with Crippen LogP contribution in [0.4, 0.5) is 15.8 Å². The molecule has 0 unspecified atom stereocenters. The van der Waals surface area contributed by atoms with E-state index in [1.54, 1.807) is 6.07 Å². The highest BCUT2D eigenvalue weighted by atomic mass is 35.5. The highest BCUT2D eigenvalue weighted by molar-refractivity contribution is 6.30. The summed E-state index contributed by atoms with van der Waals surface area (Å²) in [6, 6.07) is 10.4. The number of halogens is 2. The van der Waals surface area contributed by atoms with E-state index in [-0.39, 0.29) is 34.3 Å². The molecule has 3 aromatic rings. The maximum absolute atomic E-state index is 13.7. The summed E-state index contributed by atoms with van der Waals surface area (Å²) in [4.78, 5) is 16.3. The summed E-state index contributed by atoms with van der Waals surface area (Å²) >= 11 is 5.69. The monoisotopic (exact) mass is 370 g/mol. The van der Waals surface area contributed by atoms with E-state index < -0.39 is 11.7 Å². The number of carbonyl (C=O) groups is 1. The van der Waals surface area contributed by atoms with E-state index in [1.807, 2.05) is 6.07 Å². The molecule has 0 aliphatic rings. The number of fused-ring (bicyclic) bond motifs is 1. The lowest BCUT2D eigenvalue weighted by molar-refractivity contribution is -0.114. The Kier molecular flexibility index (Phi) is 4.87. The molecule has 0 aliphatic carbocycles. The van der Waals surface area contributed by atoms with Crippen molar-refractivity contribution < 1.29 is 14.3 Å². The maximum atomic E-state index is 13.7. The fourth-order valence-electron chi connectivity index (χ4n) is 2.39. The number of aromatic hydroxyl groups is 1. The summed E-state index contributed by atoms with van der Waals surface area (Å²) in [6.45, 7) is -0.217. The average molecular weight is 371 g/mol. The van der Waals surface area contributed by atoms with Crippen molar-refractivity contribution in [2.24, 2.45) is 0 Å². The van der Waals surface area contributed by atoms with Gasteiger partial charge in [0, 0.05) is 22.7 Å². The summed E-state index contributed by atoms with van der Waals surface area (Å²) in [7, 11) is 0. The first-order valence-electron chi connectivity index (χ1n) is 7.48. The lowest BCUT2D eigenvalue weighted by atomic mass is 10.1. The molecule has 26 heavy (non-hydrogen) atoms. The van der Waals surface area contributed by atoms with Gasteiger partial charge in [0.1, 0.15) is 17.6 Å². The van der Waals surface area contributed by atoms with Gasteiger partial charge < -0.3 is 15.7 Å². The molecular weight excluding hydrogens is 359 g/mol. The standard InChI is InChI=1S/C18H12ClFN4O2/c19-11-1-4-15(14(20)5-11)23-9-17(26)24-18-10(7-21)8-22-16-6-12(25)2-3-13(16)18/h1-6,8,23,25H,9H2,(H,22,24,26). The van der Waals surface area contributed by atoms with Gasteiger partial charge in [-0.2, -0.15) is 5.26 Å². The molecule has 0 spiro atoms. The van der Waals surface area contributed by atoms with Gasteiger partial charge in [-0.3, -0.25) is 9.78 Å². The number of phenols is 1. The van der Waals surface area contributed by atoms with E-state index in [0.717, 1.165) is 6.07 Å². The number of pyridine rings is 1. The molecule has 0 aliphatic heterocycles. The van der Waals surface area contributed by atoms with Crippen molar-refractivity contribution in [1.29, 1.82) is 5.26 Å². The molecule has 130 valence electrons. The van der Waals surface area contributed by atoms with Gasteiger partial charge in [0.25, 0.3) is 0 Å². The van der Waals surface area contributed by atoms with E-state index in [1.165, 1.54) is 30.5 Å². The van der Waals surface area contributed by atoms with E-state index >= 15 is 0 Å². The van der Waals surface area contributed by atoms with Crippen molar-refractivity contribution in [2.45, 2.75) is 0 Å². The summed E-state index contributed by atoms with van der Waals surface area (Å²) in [5, 5.41) is 24.8. The number of benzene rings is 2. The van der Waals surface area contributed by atoms with Gasteiger partial charge in [0.05, 0.1) is 29.0 Å². The molecule has 0 bridgehead atoms. The molecule has 0 saturated heterocycles.